The molecule has 0 spiro atoms. The molecule has 2 amide bonds. The van der Waals surface area contributed by atoms with E-state index in [0.29, 0.717) is 27.2 Å². The average Bonchev–Trinajstić information content (AvgIpc) is 2.87. The fourth-order valence-electron chi connectivity index (χ4n) is 3.60. The lowest BCUT2D eigenvalue weighted by atomic mass is 10.0. The lowest BCUT2D eigenvalue weighted by molar-refractivity contribution is -0.145. The van der Waals surface area contributed by atoms with Crippen LogP contribution in [0.25, 0.3) is 6.08 Å². The predicted molar refractivity (Wildman–Crippen MR) is 145 cm³/mol. The Bertz CT molecular complexity index is 1280. The van der Waals surface area contributed by atoms with E-state index in [1.807, 2.05) is 12.1 Å². The third kappa shape index (κ3) is 5.37. The van der Waals surface area contributed by atoms with Crippen LogP contribution in [0.5, 0.6) is 5.75 Å². The van der Waals surface area contributed by atoms with E-state index >= 15 is 0 Å². The highest BCUT2D eigenvalue weighted by atomic mass is 79.9. The van der Waals surface area contributed by atoms with Crippen molar-refractivity contribution in [3.8, 4) is 5.75 Å². The predicted octanol–water partition coefficient (Wildman–Crippen LogP) is 5.14. The van der Waals surface area contributed by atoms with Crippen LogP contribution < -0.4 is 14.5 Å². The molecule has 0 aliphatic carbocycles. The zero-order chi connectivity index (χ0) is 25.7. The minimum Gasteiger partial charge on any atom is -0.481 e. The van der Waals surface area contributed by atoms with Crippen molar-refractivity contribution in [3.63, 3.8) is 0 Å². The van der Waals surface area contributed by atoms with Gasteiger partial charge in [-0.25, -0.2) is 4.79 Å². The summed E-state index contributed by atoms with van der Waals surface area (Å²) in [5, 5.41) is 0.0487. The van der Waals surface area contributed by atoms with E-state index in [2.05, 4.69) is 15.9 Å². The molecule has 0 aromatic heterocycles. The summed E-state index contributed by atoms with van der Waals surface area (Å²) in [6.45, 7) is 1.62. The van der Waals surface area contributed by atoms with Crippen molar-refractivity contribution in [3.05, 3.63) is 94.5 Å². The number of para-hydroxylation sites is 2. The van der Waals surface area contributed by atoms with E-state index in [0.717, 1.165) is 0 Å². The van der Waals surface area contributed by atoms with Crippen LogP contribution in [0.3, 0.4) is 0 Å². The van der Waals surface area contributed by atoms with Gasteiger partial charge in [-0.05, 0) is 67.7 Å². The second-order valence-electron chi connectivity index (χ2n) is 7.57. The van der Waals surface area contributed by atoms with Crippen LogP contribution in [0.15, 0.2) is 88.9 Å². The number of thiocarbonyl (C=S) groups is 1. The Balaban J connectivity index is 1.81. The molecule has 3 aromatic carbocycles. The van der Waals surface area contributed by atoms with E-state index in [-0.39, 0.29) is 23.9 Å². The van der Waals surface area contributed by atoms with Crippen LogP contribution in [-0.2, 0) is 19.1 Å². The minimum absolute atomic E-state index is 0.0487. The maximum Gasteiger partial charge on any atom is 0.344 e. The van der Waals surface area contributed by atoms with Crippen molar-refractivity contribution in [2.24, 2.45) is 0 Å². The number of rotatable bonds is 7. The molecule has 0 bridgehead atoms. The average molecular weight is 565 g/mol. The number of esters is 1. The summed E-state index contributed by atoms with van der Waals surface area (Å²) in [5.41, 5.74) is 1.37. The molecule has 1 aliphatic heterocycles. The molecule has 182 valence electrons. The van der Waals surface area contributed by atoms with Crippen LogP contribution in [0.4, 0.5) is 11.4 Å². The number of hydrogen-bond donors (Lipinski definition) is 0. The van der Waals surface area contributed by atoms with Gasteiger partial charge in [-0.1, -0.05) is 52.3 Å². The Morgan fingerprint density at radius 3 is 2.00 bits per heavy atom. The van der Waals surface area contributed by atoms with Gasteiger partial charge in [0.15, 0.2) is 11.7 Å². The summed E-state index contributed by atoms with van der Waals surface area (Å²) in [6.07, 6.45) is 1.45. The number of anilines is 2. The zero-order valence-corrected chi connectivity index (χ0v) is 21.6. The SMILES string of the molecule is CCOC(=O)COc1ccc(Br)cc1C=C1C(=O)N(c2ccccc2)C(=S)N(c2ccccc2)C1=O. The monoisotopic (exact) mass is 564 g/mol. The number of carbonyl (C=O) groups excluding carboxylic acids is 3. The fourth-order valence-corrected chi connectivity index (χ4v) is 4.35. The van der Waals surface area contributed by atoms with E-state index in [4.69, 9.17) is 21.7 Å². The van der Waals surface area contributed by atoms with E-state index in [1.54, 1.807) is 73.7 Å². The molecule has 3 aromatic rings. The maximum atomic E-state index is 13.7. The molecule has 7 nitrogen and oxygen atoms in total. The highest BCUT2D eigenvalue weighted by molar-refractivity contribution is 9.10. The van der Waals surface area contributed by atoms with Crippen molar-refractivity contribution in [2.45, 2.75) is 6.92 Å². The van der Waals surface area contributed by atoms with Gasteiger partial charge in [-0.3, -0.25) is 19.4 Å². The van der Waals surface area contributed by atoms with Crippen molar-refractivity contribution >= 4 is 68.5 Å². The number of benzene rings is 3. The summed E-state index contributed by atoms with van der Waals surface area (Å²) in [5.74, 6) is -1.36. The number of halogens is 1. The summed E-state index contributed by atoms with van der Waals surface area (Å²) in [7, 11) is 0. The molecule has 1 heterocycles. The van der Waals surface area contributed by atoms with E-state index in [9.17, 15) is 14.4 Å². The standard InChI is InChI=1S/C27H21BrN2O5S/c1-2-34-24(31)17-35-23-14-13-19(28)15-18(23)16-22-25(32)29(20-9-5-3-6-10-20)27(36)30(26(22)33)21-11-7-4-8-12-21/h3-16H,2,17H2,1H3. The Kier molecular flexibility index (Phi) is 7.92. The zero-order valence-electron chi connectivity index (χ0n) is 19.2. The second kappa shape index (κ2) is 11.3. The third-order valence-electron chi connectivity index (χ3n) is 5.20. The molecule has 4 rings (SSSR count). The van der Waals surface area contributed by atoms with Gasteiger partial charge in [0.1, 0.15) is 11.3 Å². The topological polar surface area (TPSA) is 76.2 Å². The quantitative estimate of drug-likeness (QED) is 0.171. The highest BCUT2D eigenvalue weighted by Gasteiger charge is 2.41. The molecule has 0 N–H and O–H groups in total. The Hall–Kier alpha value is -3.82. The third-order valence-corrected chi connectivity index (χ3v) is 6.06. The lowest BCUT2D eigenvalue weighted by Crippen LogP contribution is -2.56. The van der Waals surface area contributed by atoms with Gasteiger partial charge in [0.25, 0.3) is 11.8 Å². The van der Waals surface area contributed by atoms with Gasteiger partial charge >= 0.3 is 5.97 Å². The van der Waals surface area contributed by atoms with Crippen molar-refractivity contribution in [1.29, 1.82) is 0 Å². The first-order chi connectivity index (χ1) is 17.4. The molecule has 1 aliphatic rings. The van der Waals surface area contributed by atoms with Crippen LogP contribution >= 0.6 is 28.1 Å². The molecule has 0 unspecified atom stereocenters. The van der Waals surface area contributed by atoms with Crippen molar-refractivity contribution in [2.75, 3.05) is 23.0 Å². The smallest absolute Gasteiger partial charge is 0.344 e. The molecule has 1 saturated heterocycles. The molecule has 1 fully saturated rings. The number of amides is 2. The maximum absolute atomic E-state index is 13.7. The lowest BCUT2D eigenvalue weighted by Gasteiger charge is -2.36. The number of carbonyl (C=O) groups is 3. The largest absolute Gasteiger partial charge is 0.481 e. The van der Waals surface area contributed by atoms with Gasteiger partial charge in [0.2, 0.25) is 0 Å². The molecular formula is C27H21BrN2O5S. The highest BCUT2D eigenvalue weighted by Crippen LogP contribution is 2.32. The molecule has 0 atom stereocenters. The first-order valence-electron chi connectivity index (χ1n) is 11.0. The summed E-state index contributed by atoms with van der Waals surface area (Å²) < 4.78 is 11.3. The molecule has 0 radical (unpaired) electrons. The van der Waals surface area contributed by atoms with Crippen LogP contribution in [0.2, 0.25) is 0 Å². The summed E-state index contributed by atoms with van der Waals surface area (Å²) in [6, 6.07) is 22.8. The summed E-state index contributed by atoms with van der Waals surface area (Å²) >= 11 is 9.04. The number of nitrogens with zero attached hydrogens (tertiary/aromatic N) is 2. The van der Waals surface area contributed by atoms with Gasteiger partial charge in [-0.15, -0.1) is 0 Å². The molecule has 0 saturated carbocycles. The first-order valence-corrected chi connectivity index (χ1v) is 12.2. The van der Waals surface area contributed by atoms with Gasteiger partial charge < -0.3 is 9.47 Å². The Morgan fingerprint density at radius 1 is 0.917 bits per heavy atom. The number of ether oxygens (including phenoxy) is 2. The van der Waals surface area contributed by atoms with Gasteiger partial charge in [0, 0.05) is 10.0 Å². The molecule has 9 heteroatoms. The van der Waals surface area contributed by atoms with E-state index in [1.165, 1.54) is 15.9 Å². The van der Waals surface area contributed by atoms with Crippen molar-refractivity contribution in [1.82, 2.24) is 0 Å². The minimum atomic E-state index is -0.570. The van der Waals surface area contributed by atoms with Gasteiger partial charge in [0.05, 0.1) is 18.0 Å². The van der Waals surface area contributed by atoms with Gasteiger partial charge in [-0.2, -0.15) is 0 Å². The Morgan fingerprint density at radius 2 is 1.47 bits per heavy atom. The van der Waals surface area contributed by atoms with Crippen LogP contribution in [0.1, 0.15) is 12.5 Å². The van der Waals surface area contributed by atoms with E-state index < -0.39 is 17.8 Å². The number of hydrogen-bond acceptors (Lipinski definition) is 6. The molecule has 36 heavy (non-hydrogen) atoms. The summed E-state index contributed by atoms with van der Waals surface area (Å²) in [4.78, 5) is 41.8. The Labute approximate surface area is 222 Å². The second-order valence-corrected chi connectivity index (χ2v) is 8.85. The molecular weight excluding hydrogens is 544 g/mol. The normalized spacial score (nSPS) is 13.6. The first kappa shape index (κ1) is 25.3. The van der Waals surface area contributed by atoms with Crippen molar-refractivity contribution < 1.29 is 23.9 Å². The van der Waals surface area contributed by atoms with Crippen LogP contribution in [0, 0.1) is 0 Å². The van der Waals surface area contributed by atoms with Crippen LogP contribution in [-0.4, -0.2) is 36.1 Å². The fraction of sp³-hybridized carbons (Fsp3) is 0.111.